The lowest BCUT2D eigenvalue weighted by molar-refractivity contribution is -0.128. The number of nitrogens with one attached hydrogen (secondary N) is 3. The minimum Gasteiger partial charge on any atom is -0.396 e. The van der Waals surface area contributed by atoms with Crippen molar-refractivity contribution >= 4 is 11.8 Å². The molecule has 0 aromatic rings. The molecule has 0 aromatic carbocycles. The van der Waals surface area contributed by atoms with Gasteiger partial charge in [0.15, 0.2) is 0 Å². The van der Waals surface area contributed by atoms with E-state index in [1.165, 1.54) is 0 Å². The van der Waals surface area contributed by atoms with Crippen LogP contribution in [0.15, 0.2) is 0 Å². The fourth-order valence-corrected chi connectivity index (χ4v) is 1.69. The van der Waals surface area contributed by atoms with Crippen molar-refractivity contribution in [3.05, 3.63) is 0 Å². The zero-order valence-electron chi connectivity index (χ0n) is 13.2. The van der Waals surface area contributed by atoms with E-state index in [4.69, 9.17) is 5.11 Å². The van der Waals surface area contributed by atoms with E-state index in [1.807, 2.05) is 27.7 Å². The first-order chi connectivity index (χ1) is 9.21. The molecule has 0 aliphatic rings. The first kappa shape index (κ1) is 18.9. The van der Waals surface area contributed by atoms with E-state index in [0.717, 1.165) is 0 Å². The van der Waals surface area contributed by atoms with Crippen molar-refractivity contribution < 1.29 is 14.7 Å². The molecule has 1 atom stereocenters. The van der Waals surface area contributed by atoms with Gasteiger partial charge in [-0.2, -0.15) is 0 Å². The third kappa shape index (κ3) is 8.12. The molecule has 4 N–H and O–H groups in total. The molecule has 0 saturated heterocycles. The summed E-state index contributed by atoms with van der Waals surface area (Å²) in [5, 5.41) is 17.4. The second-order valence-corrected chi connectivity index (χ2v) is 6.29. The zero-order chi connectivity index (χ0) is 15.8. The standard InChI is InChI=1S/C14H29N3O3/c1-10(2)6-11(13(20)15-5)17-12(19)7-16-8-14(3,4)9-18/h10-11,16,18H,6-9H2,1-5H3,(H,15,20)(H,17,19). The molecule has 0 heterocycles. The summed E-state index contributed by atoms with van der Waals surface area (Å²) in [6.45, 7) is 8.54. The van der Waals surface area contributed by atoms with Crippen LogP contribution in [0.5, 0.6) is 0 Å². The number of carbonyl (C=O) groups excluding carboxylic acids is 2. The lowest BCUT2D eigenvalue weighted by Crippen LogP contribution is -2.49. The van der Waals surface area contributed by atoms with Gasteiger partial charge in [-0.05, 0) is 12.3 Å². The van der Waals surface area contributed by atoms with E-state index in [-0.39, 0.29) is 30.4 Å². The van der Waals surface area contributed by atoms with Crippen molar-refractivity contribution in [3.63, 3.8) is 0 Å². The first-order valence-electron chi connectivity index (χ1n) is 7.04. The Morgan fingerprint density at radius 1 is 1.25 bits per heavy atom. The van der Waals surface area contributed by atoms with Crippen LogP contribution >= 0.6 is 0 Å². The molecule has 6 heteroatoms. The molecule has 1 unspecified atom stereocenters. The Hall–Kier alpha value is -1.14. The summed E-state index contributed by atoms with van der Waals surface area (Å²) in [5.41, 5.74) is -0.265. The molecular weight excluding hydrogens is 258 g/mol. The highest BCUT2D eigenvalue weighted by atomic mass is 16.3. The highest BCUT2D eigenvalue weighted by molar-refractivity contribution is 5.88. The molecule has 118 valence electrons. The summed E-state index contributed by atoms with van der Waals surface area (Å²) < 4.78 is 0. The lowest BCUT2D eigenvalue weighted by Gasteiger charge is -2.23. The van der Waals surface area contributed by atoms with Gasteiger partial charge < -0.3 is 21.1 Å². The van der Waals surface area contributed by atoms with Crippen LogP contribution in [-0.2, 0) is 9.59 Å². The number of hydrogen-bond donors (Lipinski definition) is 4. The predicted molar refractivity (Wildman–Crippen MR) is 79.2 cm³/mol. The van der Waals surface area contributed by atoms with Crippen LogP contribution in [0.2, 0.25) is 0 Å². The van der Waals surface area contributed by atoms with Crippen molar-refractivity contribution in [1.29, 1.82) is 0 Å². The molecule has 0 aliphatic heterocycles. The Kier molecular flexibility index (Phi) is 8.41. The van der Waals surface area contributed by atoms with Gasteiger partial charge in [0.2, 0.25) is 11.8 Å². The summed E-state index contributed by atoms with van der Waals surface area (Å²) in [6.07, 6.45) is 0.605. The van der Waals surface area contributed by atoms with Gasteiger partial charge in [0.25, 0.3) is 0 Å². The topological polar surface area (TPSA) is 90.5 Å². The van der Waals surface area contributed by atoms with Gasteiger partial charge in [-0.15, -0.1) is 0 Å². The predicted octanol–water partition coefficient (Wildman–Crippen LogP) is -0.129. The van der Waals surface area contributed by atoms with Crippen LogP contribution < -0.4 is 16.0 Å². The third-order valence-corrected chi connectivity index (χ3v) is 2.92. The average Bonchev–Trinajstić information content (AvgIpc) is 2.36. The fourth-order valence-electron chi connectivity index (χ4n) is 1.69. The van der Waals surface area contributed by atoms with Crippen LogP contribution in [0.1, 0.15) is 34.1 Å². The summed E-state index contributed by atoms with van der Waals surface area (Å²) >= 11 is 0. The summed E-state index contributed by atoms with van der Waals surface area (Å²) in [5.74, 6) is -0.0744. The van der Waals surface area contributed by atoms with E-state index in [0.29, 0.717) is 18.9 Å². The third-order valence-electron chi connectivity index (χ3n) is 2.92. The van der Waals surface area contributed by atoms with Gasteiger partial charge in [-0.25, -0.2) is 0 Å². The Morgan fingerprint density at radius 3 is 2.30 bits per heavy atom. The quantitative estimate of drug-likeness (QED) is 0.475. The van der Waals surface area contributed by atoms with Gasteiger partial charge in [0, 0.05) is 25.6 Å². The smallest absolute Gasteiger partial charge is 0.242 e. The van der Waals surface area contributed by atoms with Gasteiger partial charge in [-0.1, -0.05) is 27.7 Å². The number of hydrogen-bond acceptors (Lipinski definition) is 4. The van der Waals surface area contributed by atoms with E-state index in [2.05, 4.69) is 16.0 Å². The van der Waals surface area contributed by atoms with E-state index >= 15 is 0 Å². The lowest BCUT2D eigenvalue weighted by atomic mass is 9.95. The maximum Gasteiger partial charge on any atom is 0.242 e. The van der Waals surface area contributed by atoms with Crippen molar-refractivity contribution in [3.8, 4) is 0 Å². The molecule has 6 nitrogen and oxygen atoms in total. The summed E-state index contributed by atoms with van der Waals surface area (Å²) in [7, 11) is 1.56. The maximum absolute atomic E-state index is 11.8. The minimum atomic E-state index is -0.500. The number of aliphatic hydroxyl groups excluding tert-OH is 1. The van der Waals surface area contributed by atoms with E-state index in [9.17, 15) is 9.59 Å². The molecular formula is C14H29N3O3. The van der Waals surface area contributed by atoms with E-state index < -0.39 is 6.04 Å². The molecule has 0 aliphatic carbocycles. The van der Waals surface area contributed by atoms with Gasteiger partial charge >= 0.3 is 0 Å². The molecule has 0 rings (SSSR count). The number of likely N-dealkylation sites (N-methyl/N-ethyl adjacent to an activating group) is 1. The zero-order valence-corrected chi connectivity index (χ0v) is 13.2. The maximum atomic E-state index is 11.8. The SMILES string of the molecule is CNC(=O)C(CC(C)C)NC(=O)CNCC(C)(C)CO. The molecule has 0 spiro atoms. The second-order valence-electron chi connectivity index (χ2n) is 6.29. The normalized spacial score (nSPS) is 13.2. The van der Waals surface area contributed by atoms with E-state index in [1.54, 1.807) is 7.05 Å². The summed E-state index contributed by atoms with van der Waals surface area (Å²) in [4.78, 5) is 23.5. The highest BCUT2D eigenvalue weighted by Crippen LogP contribution is 2.10. The Labute approximate surface area is 121 Å². The number of aliphatic hydroxyl groups is 1. The van der Waals surface area contributed by atoms with Crippen LogP contribution in [0.4, 0.5) is 0 Å². The minimum absolute atomic E-state index is 0.0514. The largest absolute Gasteiger partial charge is 0.396 e. The highest BCUT2D eigenvalue weighted by Gasteiger charge is 2.21. The van der Waals surface area contributed by atoms with Crippen LogP contribution in [0, 0.1) is 11.3 Å². The molecule has 0 bridgehead atoms. The van der Waals surface area contributed by atoms with Gasteiger partial charge in [0.1, 0.15) is 6.04 Å². The Balaban J connectivity index is 4.23. The van der Waals surface area contributed by atoms with Crippen LogP contribution in [0.3, 0.4) is 0 Å². The molecule has 2 amide bonds. The van der Waals surface area contributed by atoms with Crippen molar-refractivity contribution in [2.24, 2.45) is 11.3 Å². The average molecular weight is 287 g/mol. The molecule has 0 aromatic heterocycles. The monoisotopic (exact) mass is 287 g/mol. The summed E-state index contributed by atoms with van der Waals surface area (Å²) in [6, 6.07) is -0.500. The Bertz CT molecular complexity index is 317. The molecule has 0 saturated carbocycles. The van der Waals surface area contributed by atoms with Gasteiger partial charge in [0.05, 0.1) is 6.54 Å². The van der Waals surface area contributed by atoms with Crippen molar-refractivity contribution in [2.75, 3.05) is 26.7 Å². The van der Waals surface area contributed by atoms with Crippen LogP contribution in [0.25, 0.3) is 0 Å². The van der Waals surface area contributed by atoms with Crippen molar-refractivity contribution in [2.45, 2.75) is 40.2 Å². The number of carbonyl (C=O) groups is 2. The number of amides is 2. The molecule has 0 radical (unpaired) electrons. The first-order valence-corrected chi connectivity index (χ1v) is 7.04. The molecule has 0 fully saturated rings. The number of rotatable bonds is 9. The molecule has 20 heavy (non-hydrogen) atoms. The van der Waals surface area contributed by atoms with Crippen LogP contribution in [-0.4, -0.2) is 49.7 Å². The Morgan fingerprint density at radius 2 is 1.85 bits per heavy atom. The second kappa shape index (κ2) is 8.92. The van der Waals surface area contributed by atoms with Crippen molar-refractivity contribution in [1.82, 2.24) is 16.0 Å². The van der Waals surface area contributed by atoms with Gasteiger partial charge in [-0.3, -0.25) is 9.59 Å². The fraction of sp³-hybridized carbons (Fsp3) is 0.857.